The number of aromatic nitrogens is 1. The summed E-state index contributed by atoms with van der Waals surface area (Å²) in [7, 11) is 1.57. The van der Waals surface area contributed by atoms with E-state index in [0.717, 1.165) is 12.1 Å². The molecule has 0 saturated carbocycles. The van der Waals surface area contributed by atoms with Crippen LogP contribution >= 0.6 is 0 Å². The Labute approximate surface area is 194 Å². The van der Waals surface area contributed by atoms with Gasteiger partial charge in [-0.3, -0.25) is 24.9 Å². The Morgan fingerprint density at radius 3 is 2.71 bits per heavy atom. The fraction of sp³-hybridized carbons (Fsp3) is 0.261. The van der Waals surface area contributed by atoms with E-state index >= 15 is 0 Å². The van der Waals surface area contributed by atoms with Gasteiger partial charge in [0.1, 0.15) is 28.6 Å². The van der Waals surface area contributed by atoms with E-state index in [1.54, 1.807) is 37.6 Å². The van der Waals surface area contributed by atoms with E-state index in [9.17, 15) is 14.4 Å². The van der Waals surface area contributed by atoms with Crippen molar-refractivity contribution < 1.29 is 23.5 Å². The summed E-state index contributed by atoms with van der Waals surface area (Å²) in [6, 6.07) is 9.93. The maximum Gasteiger partial charge on any atom is 0.322 e. The van der Waals surface area contributed by atoms with Crippen LogP contribution in [0.1, 0.15) is 17.0 Å². The summed E-state index contributed by atoms with van der Waals surface area (Å²) in [5.74, 6) is 0.961. The first-order chi connectivity index (χ1) is 16.5. The molecule has 3 aromatic rings. The van der Waals surface area contributed by atoms with Crippen molar-refractivity contribution in [3.8, 4) is 5.75 Å². The summed E-state index contributed by atoms with van der Waals surface area (Å²) in [6.45, 7) is 1.50. The lowest BCUT2D eigenvalue weighted by atomic mass is 9.95. The third-order valence-electron chi connectivity index (χ3n) is 5.81. The van der Waals surface area contributed by atoms with Gasteiger partial charge in [0.05, 0.1) is 20.2 Å². The third kappa shape index (κ3) is 3.81. The number of carbonyl (C=O) groups is 3. The molecular weight excluding hydrogens is 440 g/mol. The number of nitrogens with one attached hydrogen (secondary N) is 3. The number of rotatable bonds is 8. The molecule has 5 rings (SSSR count). The zero-order valence-electron chi connectivity index (χ0n) is 18.3. The van der Waals surface area contributed by atoms with Gasteiger partial charge in [0.25, 0.3) is 5.91 Å². The van der Waals surface area contributed by atoms with E-state index in [1.807, 2.05) is 12.1 Å². The molecule has 0 aliphatic carbocycles. The zero-order valence-corrected chi connectivity index (χ0v) is 18.3. The number of furan rings is 1. The first kappa shape index (κ1) is 21.4. The van der Waals surface area contributed by atoms with Gasteiger partial charge < -0.3 is 24.7 Å². The van der Waals surface area contributed by atoms with Gasteiger partial charge in [0.2, 0.25) is 6.41 Å². The summed E-state index contributed by atoms with van der Waals surface area (Å²) in [6.07, 6.45) is 2.26. The summed E-state index contributed by atoms with van der Waals surface area (Å²) in [5, 5.41) is 8.73. The van der Waals surface area contributed by atoms with E-state index in [1.165, 1.54) is 4.90 Å². The molecule has 4 heterocycles. The number of hydrogen-bond donors (Lipinski definition) is 3. The van der Waals surface area contributed by atoms with Crippen molar-refractivity contribution in [2.75, 3.05) is 26.7 Å². The monoisotopic (exact) mass is 462 g/mol. The van der Waals surface area contributed by atoms with Crippen molar-refractivity contribution in [1.82, 2.24) is 25.8 Å². The molecule has 3 N–H and O–H groups in total. The van der Waals surface area contributed by atoms with Gasteiger partial charge in [-0.1, -0.05) is 12.1 Å². The second-order valence-corrected chi connectivity index (χ2v) is 8.05. The highest BCUT2D eigenvalue weighted by Gasteiger charge is 2.51. The van der Waals surface area contributed by atoms with Gasteiger partial charge in [-0.2, -0.15) is 0 Å². The van der Waals surface area contributed by atoms with Crippen LogP contribution in [0, 0.1) is 0 Å². The van der Waals surface area contributed by atoms with Gasteiger partial charge in [0.15, 0.2) is 5.54 Å². The Balaban J connectivity index is 1.47. The number of hydrogen-bond acceptors (Lipinski definition) is 8. The second kappa shape index (κ2) is 8.50. The van der Waals surface area contributed by atoms with E-state index < -0.39 is 17.5 Å². The molecule has 34 heavy (non-hydrogen) atoms. The van der Waals surface area contributed by atoms with Crippen LogP contribution in [0.5, 0.6) is 5.75 Å². The Morgan fingerprint density at radius 1 is 1.24 bits per heavy atom. The van der Waals surface area contributed by atoms with Crippen LogP contribution in [0.25, 0.3) is 11.0 Å². The molecule has 174 valence electrons. The van der Waals surface area contributed by atoms with Crippen molar-refractivity contribution in [2.24, 2.45) is 4.99 Å². The van der Waals surface area contributed by atoms with E-state index in [0.29, 0.717) is 41.2 Å². The van der Waals surface area contributed by atoms with Gasteiger partial charge >= 0.3 is 6.03 Å². The number of carbonyl (C=O) groups excluding carboxylic acids is 3. The predicted molar refractivity (Wildman–Crippen MR) is 121 cm³/mol. The van der Waals surface area contributed by atoms with Gasteiger partial charge in [-0.15, -0.1) is 0 Å². The number of amidine groups is 1. The van der Waals surface area contributed by atoms with Gasteiger partial charge in [-0.25, -0.2) is 4.79 Å². The number of urea groups is 1. The number of methoxy groups -OCH3 is 1. The van der Waals surface area contributed by atoms with Crippen LogP contribution in [0.2, 0.25) is 0 Å². The summed E-state index contributed by atoms with van der Waals surface area (Å²) in [4.78, 5) is 47.3. The Hall–Kier alpha value is -4.41. The first-order valence-corrected chi connectivity index (χ1v) is 10.7. The maximum absolute atomic E-state index is 13.0. The average Bonchev–Trinajstić information content (AvgIpc) is 3.58. The number of aliphatic imine (C=N–C) groups is 1. The van der Waals surface area contributed by atoms with Crippen LogP contribution in [-0.2, 0) is 21.7 Å². The fourth-order valence-corrected chi connectivity index (χ4v) is 4.10. The van der Waals surface area contributed by atoms with Gasteiger partial charge in [0, 0.05) is 30.7 Å². The molecule has 0 unspecified atom stereocenters. The van der Waals surface area contributed by atoms with Gasteiger partial charge in [-0.05, 0) is 23.8 Å². The topological polar surface area (TPSA) is 138 Å². The van der Waals surface area contributed by atoms with Crippen LogP contribution in [0.3, 0.4) is 0 Å². The molecule has 0 radical (unpaired) electrons. The highest BCUT2D eigenvalue weighted by atomic mass is 16.5. The minimum absolute atomic E-state index is 0.130. The normalized spacial score (nSPS) is 19.4. The molecule has 4 amide bonds. The minimum atomic E-state index is -1.59. The van der Waals surface area contributed by atoms with Crippen LogP contribution in [0.4, 0.5) is 4.79 Å². The molecule has 1 atom stereocenters. The molecule has 0 bridgehead atoms. The molecule has 2 aliphatic heterocycles. The van der Waals surface area contributed by atoms with Crippen molar-refractivity contribution in [3.63, 3.8) is 0 Å². The number of pyridine rings is 1. The predicted octanol–water partition coefficient (Wildman–Crippen LogP) is 0.880. The van der Waals surface area contributed by atoms with Crippen LogP contribution in [0.15, 0.2) is 52.0 Å². The molecule has 1 aromatic carbocycles. The number of ether oxygens (including phenoxy) is 1. The second-order valence-electron chi connectivity index (χ2n) is 8.05. The Morgan fingerprint density at radius 2 is 2.06 bits per heavy atom. The zero-order chi connectivity index (χ0) is 23.7. The van der Waals surface area contributed by atoms with Crippen LogP contribution in [-0.4, -0.2) is 60.8 Å². The number of benzene rings is 1. The molecule has 11 nitrogen and oxygen atoms in total. The Bertz CT molecular complexity index is 1300. The Kier molecular flexibility index (Phi) is 5.36. The maximum atomic E-state index is 13.0. The molecule has 1 fully saturated rings. The van der Waals surface area contributed by atoms with Crippen molar-refractivity contribution >= 4 is 35.2 Å². The number of nitrogens with zero attached hydrogens (tertiary/aromatic N) is 3. The quantitative estimate of drug-likeness (QED) is 0.334. The number of fused-ring (bicyclic) bond motifs is 1. The van der Waals surface area contributed by atoms with Crippen molar-refractivity contribution in [1.29, 1.82) is 0 Å². The van der Waals surface area contributed by atoms with Crippen molar-refractivity contribution in [3.05, 3.63) is 59.6 Å². The van der Waals surface area contributed by atoms with Crippen molar-refractivity contribution in [2.45, 2.75) is 12.1 Å². The van der Waals surface area contributed by atoms with E-state index in [2.05, 4.69) is 25.9 Å². The number of imide groups is 1. The average molecular weight is 462 g/mol. The standard InChI is InChI=1S/C23H22N6O5/c1-33-16-4-2-14(3-5-16)11-29(13-30)12-23(21(31)27-22(32)28-23)19-8-15-10-26-17(9-18(15)34-19)20-24-6-7-25-20/h2-5,8-10,13H,6-7,11-12H2,1H3,(H,24,25)(H2,27,28,31,32)/t23-/m0/s1. The molecule has 1 saturated heterocycles. The molecule has 0 spiro atoms. The lowest BCUT2D eigenvalue weighted by Gasteiger charge is -2.29. The number of amides is 4. The minimum Gasteiger partial charge on any atom is -0.497 e. The molecule has 11 heteroatoms. The summed E-state index contributed by atoms with van der Waals surface area (Å²) < 4.78 is 11.2. The van der Waals surface area contributed by atoms with Crippen LogP contribution < -0.4 is 20.7 Å². The SMILES string of the molecule is COc1ccc(CN(C=O)C[C@@]2(c3cc4cnc(C5=NCCN5)cc4o3)NC(=O)NC2=O)cc1. The van der Waals surface area contributed by atoms with E-state index in [-0.39, 0.29) is 18.8 Å². The highest BCUT2D eigenvalue weighted by Crippen LogP contribution is 2.32. The third-order valence-corrected chi connectivity index (χ3v) is 5.81. The molecule has 2 aliphatic rings. The van der Waals surface area contributed by atoms with E-state index in [4.69, 9.17) is 9.15 Å². The highest BCUT2D eigenvalue weighted by molar-refractivity contribution is 6.08. The first-order valence-electron chi connectivity index (χ1n) is 10.7. The lowest BCUT2D eigenvalue weighted by molar-refractivity contribution is -0.127. The summed E-state index contributed by atoms with van der Waals surface area (Å²) in [5.41, 5.74) is 0.342. The lowest BCUT2D eigenvalue weighted by Crippen LogP contribution is -2.52. The fourth-order valence-electron chi connectivity index (χ4n) is 4.10. The largest absolute Gasteiger partial charge is 0.497 e. The summed E-state index contributed by atoms with van der Waals surface area (Å²) >= 11 is 0. The smallest absolute Gasteiger partial charge is 0.322 e. The molecule has 2 aromatic heterocycles. The molecular formula is C23H22N6O5.